The number of hydrogen-bond acceptors (Lipinski definition) is 7. The maximum Gasteiger partial charge on any atom is 0.407 e. The number of benzene rings is 1. The molecule has 0 aliphatic rings. The van der Waals surface area contributed by atoms with E-state index in [9.17, 15) is 14.9 Å². The number of carbonyl (C=O) groups is 2. The van der Waals surface area contributed by atoms with Crippen molar-refractivity contribution >= 4 is 12.1 Å². The first-order valence-corrected chi connectivity index (χ1v) is 11.9. The number of aromatic nitrogens is 3. The van der Waals surface area contributed by atoms with Gasteiger partial charge in [-0.3, -0.25) is 9.67 Å². The predicted octanol–water partition coefficient (Wildman–Crippen LogP) is 5.21. The van der Waals surface area contributed by atoms with E-state index in [1.54, 1.807) is 68.2 Å². The lowest BCUT2D eigenvalue weighted by atomic mass is 9.86. The van der Waals surface area contributed by atoms with Gasteiger partial charge in [-0.15, -0.1) is 0 Å². The molecule has 9 nitrogen and oxygen atoms in total. The van der Waals surface area contributed by atoms with E-state index in [1.807, 2.05) is 26.8 Å². The van der Waals surface area contributed by atoms with Gasteiger partial charge in [-0.2, -0.15) is 10.4 Å². The number of nitrogens with one attached hydrogen (secondary N) is 1. The van der Waals surface area contributed by atoms with Crippen molar-refractivity contribution in [2.75, 3.05) is 7.11 Å². The topological polar surface area (TPSA) is 119 Å². The van der Waals surface area contributed by atoms with Gasteiger partial charge in [0.15, 0.2) is 5.69 Å². The van der Waals surface area contributed by atoms with E-state index in [2.05, 4.69) is 16.4 Å². The molecule has 194 valence electrons. The summed E-state index contributed by atoms with van der Waals surface area (Å²) in [5, 5.41) is 17.2. The third-order valence-electron chi connectivity index (χ3n) is 5.66. The highest BCUT2D eigenvalue weighted by Crippen LogP contribution is 2.36. The number of carbonyl (C=O) groups excluding carboxylic acids is 2. The summed E-state index contributed by atoms with van der Waals surface area (Å²) in [5.41, 5.74) is 2.06. The summed E-state index contributed by atoms with van der Waals surface area (Å²) in [7, 11) is 1.31. The van der Waals surface area contributed by atoms with Gasteiger partial charge in [0.05, 0.1) is 31.3 Å². The first-order chi connectivity index (χ1) is 17.3. The van der Waals surface area contributed by atoms with Gasteiger partial charge in [0.25, 0.3) is 0 Å². The molecule has 9 heteroatoms. The average molecular weight is 504 g/mol. The van der Waals surface area contributed by atoms with E-state index in [1.165, 1.54) is 7.11 Å². The minimum absolute atomic E-state index is 0.170. The summed E-state index contributed by atoms with van der Waals surface area (Å²) in [6.07, 6.45) is 2.70. The van der Waals surface area contributed by atoms with Crippen molar-refractivity contribution < 1.29 is 19.1 Å². The molecule has 0 fully saturated rings. The van der Waals surface area contributed by atoms with E-state index in [0.29, 0.717) is 27.9 Å². The summed E-state index contributed by atoms with van der Waals surface area (Å²) in [5.74, 6) is -0.577. The van der Waals surface area contributed by atoms with Crippen LogP contribution < -0.4 is 5.32 Å². The standard InChI is InChI=1S/C28H33N5O4/c1-27(2,3)21(31-26(35)37-28(4,5)6)17-33-24(25(34)36-7)22(19-11-13-30-14-12-19)23(32-33)20-10-8-9-18(15-20)16-29/h8-15,21H,17H2,1-7H3,(H,31,35)/t21-/m1/s1. The molecular weight excluding hydrogens is 470 g/mol. The van der Waals surface area contributed by atoms with Gasteiger partial charge >= 0.3 is 12.1 Å². The Morgan fingerprint density at radius 1 is 1.08 bits per heavy atom. The lowest BCUT2D eigenvalue weighted by Crippen LogP contribution is -2.48. The average Bonchev–Trinajstić information content (AvgIpc) is 3.21. The highest BCUT2D eigenvalue weighted by atomic mass is 16.6. The second kappa shape index (κ2) is 10.8. The van der Waals surface area contributed by atoms with E-state index in [-0.39, 0.29) is 12.2 Å². The highest BCUT2D eigenvalue weighted by molar-refractivity contribution is 6.00. The van der Waals surface area contributed by atoms with Gasteiger partial charge < -0.3 is 14.8 Å². The lowest BCUT2D eigenvalue weighted by Gasteiger charge is -2.32. The van der Waals surface area contributed by atoms with Crippen molar-refractivity contribution in [2.24, 2.45) is 5.41 Å². The molecule has 1 amide bonds. The van der Waals surface area contributed by atoms with Gasteiger partial charge in [0.2, 0.25) is 0 Å². The molecule has 0 saturated heterocycles. The Morgan fingerprint density at radius 3 is 2.32 bits per heavy atom. The molecule has 2 aromatic heterocycles. The number of pyridine rings is 1. The van der Waals surface area contributed by atoms with Crippen LogP contribution in [0.2, 0.25) is 0 Å². The summed E-state index contributed by atoms with van der Waals surface area (Å²) >= 11 is 0. The van der Waals surface area contributed by atoms with E-state index in [0.717, 1.165) is 0 Å². The quantitative estimate of drug-likeness (QED) is 0.459. The smallest absolute Gasteiger partial charge is 0.407 e. The molecule has 1 N–H and O–H groups in total. The number of nitriles is 1. The number of nitrogens with zero attached hydrogens (tertiary/aromatic N) is 4. The first-order valence-electron chi connectivity index (χ1n) is 11.9. The zero-order valence-corrected chi connectivity index (χ0v) is 22.3. The van der Waals surface area contributed by atoms with Crippen molar-refractivity contribution in [3.05, 3.63) is 60.0 Å². The largest absolute Gasteiger partial charge is 0.464 e. The van der Waals surface area contributed by atoms with Crippen molar-refractivity contribution in [3.8, 4) is 28.5 Å². The third kappa shape index (κ3) is 6.73. The number of ether oxygens (including phenoxy) is 2. The highest BCUT2D eigenvalue weighted by Gasteiger charge is 2.33. The van der Waals surface area contributed by atoms with Crippen LogP contribution in [0.4, 0.5) is 4.79 Å². The van der Waals surface area contributed by atoms with Crippen LogP contribution in [0, 0.1) is 16.7 Å². The Kier molecular flexibility index (Phi) is 8.02. The number of esters is 1. The van der Waals surface area contributed by atoms with Crippen LogP contribution in [-0.4, -0.2) is 45.6 Å². The number of hydrogen-bond donors (Lipinski definition) is 1. The van der Waals surface area contributed by atoms with E-state index >= 15 is 0 Å². The molecule has 0 radical (unpaired) electrons. The summed E-state index contributed by atoms with van der Waals surface area (Å²) in [6, 6.07) is 12.3. The molecule has 37 heavy (non-hydrogen) atoms. The molecule has 0 unspecified atom stereocenters. The Labute approximate surface area is 217 Å². The number of amides is 1. The van der Waals surface area contributed by atoms with Crippen LogP contribution in [0.15, 0.2) is 48.8 Å². The maximum absolute atomic E-state index is 13.2. The number of methoxy groups -OCH3 is 1. The Balaban J connectivity index is 2.21. The molecule has 0 saturated carbocycles. The predicted molar refractivity (Wildman–Crippen MR) is 140 cm³/mol. The molecule has 0 aliphatic carbocycles. The Bertz CT molecular complexity index is 1310. The zero-order valence-electron chi connectivity index (χ0n) is 22.3. The second-order valence-electron chi connectivity index (χ2n) is 10.7. The number of rotatable bonds is 6. The van der Waals surface area contributed by atoms with E-state index < -0.39 is 29.1 Å². The van der Waals surface area contributed by atoms with Crippen LogP contribution in [0.5, 0.6) is 0 Å². The van der Waals surface area contributed by atoms with Gasteiger partial charge in [-0.05, 0) is 56.0 Å². The molecule has 0 bridgehead atoms. The van der Waals surface area contributed by atoms with Gasteiger partial charge in [0.1, 0.15) is 11.3 Å². The summed E-state index contributed by atoms with van der Waals surface area (Å²) < 4.78 is 12.2. The van der Waals surface area contributed by atoms with Crippen LogP contribution in [0.1, 0.15) is 57.6 Å². The van der Waals surface area contributed by atoms with Crippen molar-refractivity contribution in [1.82, 2.24) is 20.1 Å². The third-order valence-corrected chi connectivity index (χ3v) is 5.66. The van der Waals surface area contributed by atoms with Crippen LogP contribution >= 0.6 is 0 Å². The summed E-state index contributed by atoms with van der Waals surface area (Å²) in [4.78, 5) is 29.9. The number of alkyl carbamates (subject to hydrolysis) is 1. The van der Waals surface area contributed by atoms with Crippen molar-refractivity contribution in [3.63, 3.8) is 0 Å². The maximum atomic E-state index is 13.2. The lowest BCUT2D eigenvalue weighted by molar-refractivity contribution is 0.0451. The van der Waals surface area contributed by atoms with Crippen molar-refractivity contribution in [1.29, 1.82) is 5.26 Å². The Morgan fingerprint density at radius 2 is 1.76 bits per heavy atom. The molecule has 2 heterocycles. The fraction of sp³-hybridized carbons (Fsp3) is 0.393. The zero-order chi connectivity index (χ0) is 27.4. The minimum atomic E-state index is -0.664. The van der Waals surface area contributed by atoms with Gasteiger partial charge in [-0.25, -0.2) is 9.59 Å². The second-order valence-corrected chi connectivity index (χ2v) is 10.7. The fourth-order valence-electron chi connectivity index (χ4n) is 3.79. The molecule has 1 atom stereocenters. The minimum Gasteiger partial charge on any atom is -0.464 e. The van der Waals surface area contributed by atoms with Crippen LogP contribution in [0.3, 0.4) is 0 Å². The first kappa shape index (κ1) is 27.4. The molecule has 3 aromatic rings. The van der Waals surface area contributed by atoms with E-state index in [4.69, 9.17) is 14.6 Å². The molecule has 0 spiro atoms. The molecule has 1 aromatic carbocycles. The fourth-order valence-corrected chi connectivity index (χ4v) is 3.79. The van der Waals surface area contributed by atoms with Gasteiger partial charge in [-0.1, -0.05) is 32.9 Å². The molecule has 3 rings (SSSR count). The molecule has 0 aliphatic heterocycles. The Hall–Kier alpha value is -4.19. The van der Waals surface area contributed by atoms with Crippen LogP contribution in [0.25, 0.3) is 22.4 Å². The normalized spacial score (nSPS) is 12.4. The molecular formula is C28H33N5O4. The monoisotopic (exact) mass is 503 g/mol. The van der Waals surface area contributed by atoms with Crippen LogP contribution in [-0.2, 0) is 16.0 Å². The SMILES string of the molecule is COC(=O)c1c(-c2ccncc2)c(-c2cccc(C#N)c2)nn1C[C@@H](NC(=O)OC(C)(C)C)C(C)(C)C. The van der Waals surface area contributed by atoms with Crippen molar-refractivity contribution in [2.45, 2.75) is 59.7 Å². The summed E-state index contributed by atoms with van der Waals surface area (Å²) in [6.45, 7) is 11.5. The van der Waals surface area contributed by atoms with Gasteiger partial charge in [0, 0.05) is 23.5 Å².